The normalized spacial score (nSPS) is 16.9. The van der Waals surface area contributed by atoms with Gasteiger partial charge in [-0.3, -0.25) is 0 Å². The first-order valence-corrected chi connectivity index (χ1v) is 10.5. The van der Waals surface area contributed by atoms with E-state index in [2.05, 4.69) is 15.6 Å². The van der Waals surface area contributed by atoms with Crippen LogP contribution in [-0.4, -0.2) is 44.4 Å². The van der Waals surface area contributed by atoms with Crippen LogP contribution in [0.4, 0.5) is 0 Å². The Morgan fingerprint density at radius 2 is 1.88 bits per heavy atom. The second-order valence-electron chi connectivity index (χ2n) is 6.57. The van der Waals surface area contributed by atoms with Gasteiger partial charge in [-0.2, -0.15) is 4.31 Å². The lowest BCUT2D eigenvalue weighted by molar-refractivity contribution is 0.346. The number of hydrogen-bond donors (Lipinski definition) is 2. The molecule has 1 aromatic rings. The number of nitrogens with zero attached hydrogens (tertiary/aromatic N) is 2. The number of benzene rings is 1. The average molecular weight is 367 g/mol. The quantitative estimate of drug-likeness (QED) is 0.599. The third-order valence-electron chi connectivity index (χ3n) is 4.08. The fourth-order valence-corrected chi connectivity index (χ4v) is 4.62. The molecule has 1 saturated heterocycles. The van der Waals surface area contributed by atoms with Crippen molar-refractivity contribution in [2.75, 3.05) is 19.6 Å². The van der Waals surface area contributed by atoms with Gasteiger partial charge in [0.05, 0.1) is 11.4 Å². The van der Waals surface area contributed by atoms with Crippen molar-refractivity contribution in [1.82, 2.24) is 14.9 Å². The van der Waals surface area contributed by atoms with Crippen molar-refractivity contribution in [3.63, 3.8) is 0 Å². The second kappa shape index (κ2) is 9.20. The Morgan fingerprint density at radius 1 is 1.20 bits per heavy atom. The molecule has 1 heterocycles. The van der Waals surface area contributed by atoms with Gasteiger partial charge >= 0.3 is 0 Å². The van der Waals surface area contributed by atoms with E-state index in [9.17, 15) is 8.42 Å². The van der Waals surface area contributed by atoms with Crippen molar-refractivity contribution >= 4 is 16.0 Å². The average Bonchev–Trinajstić information content (AvgIpc) is 2.60. The monoisotopic (exact) mass is 366 g/mol. The molecule has 0 bridgehead atoms. The van der Waals surface area contributed by atoms with Gasteiger partial charge in [-0.05, 0) is 45.2 Å². The molecule has 0 radical (unpaired) electrons. The van der Waals surface area contributed by atoms with E-state index in [1.165, 1.54) is 0 Å². The molecule has 1 aromatic carbocycles. The van der Waals surface area contributed by atoms with Crippen LogP contribution in [0.25, 0.3) is 0 Å². The molecule has 0 aliphatic carbocycles. The summed E-state index contributed by atoms with van der Waals surface area (Å²) in [7, 11) is -3.45. The molecule has 2 rings (SSSR count). The molecule has 0 spiro atoms. The van der Waals surface area contributed by atoms with E-state index < -0.39 is 10.0 Å². The Bertz CT molecular complexity index is 680. The molecule has 140 valence electrons. The van der Waals surface area contributed by atoms with Crippen molar-refractivity contribution in [1.29, 1.82) is 0 Å². The molecule has 6 nitrogen and oxygen atoms in total. The van der Waals surface area contributed by atoms with Crippen molar-refractivity contribution in [2.45, 2.75) is 57.5 Å². The van der Waals surface area contributed by atoms with Crippen LogP contribution in [0.2, 0.25) is 0 Å². The molecular formula is C18H30N4O2S. The van der Waals surface area contributed by atoms with E-state index in [0.717, 1.165) is 31.4 Å². The van der Waals surface area contributed by atoms with Crippen LogP contribution in [0, 0.1) is 0 Å². The lowest BCUT2D eigenvalue weighted by Gasteiger charge is -2.26. The minimum atomic E-state index is -3.45. The largest absolute Gasteiger partial charge is 0.357 e. The number of aliphatic imine (C=N–C) groups is 1. The highest BCUT2D eigenvalue weighted by molar-refractivity contribution is 7.89. The Labute approximate surface area is 151 Å². The zero-order chi connectivity index (χ0) is 18.3. The Morgan fingerprint density at radius 3 is 2.52 bits per heavy atom. The van der Waals surface area contributed by atoms with Crippen LogP contribution in [-0.2, 0) is 16.6 Å². The van der Waals surface area contributed by atoms with E-state index in [-0.39, 0.29) is 6.04 Å². The minimum Gasteiger partial charge on any atom is -0.357 e. The van der Waals surface area contributed by atoms with Gasteiger partial charge < -0.3 is 10.6 Å². The van der Waals surface area contributed by atoms with Gasteiger partial charge in [0, 0.05) is 25.7 Å². The first kappa shape index (κ1) is 19.7. The maximum absolute atomic E-state index is 13.0. The number of guanidine groups is 1. The van der Waals surface area contributed by atoms with Gasteiger partial charge in [-0.15, -0.1) is 0 Å². The van der Waals surface area contributed by atoms with E-state index in [1.807, 2.05) is 32.9 Å². The molecule has 7 heteroatoms. The highest BCUT2D eigenvalue weighted by Crippen LogP contribution is 2.24. The topological polar surface area (TPSA) is 73.8 Å². The Kier molecular flexibility index (Phi) is 7.25. The summed E-state index contributed by atoms with van der Waals surface area (Å²) < 4.78 is 27.6. The highest BCUT2D eigenvalue weighted by Gasteiger charge is 2.27. The number of rotatable bonds is 6. The van der Waals surface area contributed by atoms with Crippen LogP contribution >= 0.6 is 0 Å². The maximum atomic E-state index is 13.0. The van der Waals surface area contributed by atoms with Crippen molar-refractivity contribution < 1.29 is 8.42 Å². The molecule has 1 fully saturated rings. The standard InChI is InChI=1S/C18H30N4O2S/c1-4-19-18(21-15(2)3)20-14-16-10-6-7-11-17(16)25(23,24)22-12-8-5-9-13-22/h6-7,10-11,15H,4-5,8-9,12-14H2,1-3H3,(H2,19,20,21). The molecule has 0 saturated carbocycles. The van der Waals surface area contributed by atoms with Crippen LogP contribution in [0.3, 0.4) is 0 Å². The summed E-state index contributed by atoms with van der Waals surface area (Å²) in [6.07, 6.45) is 2.97. The molecule has 0 unspecified atom stereocenters. The van der Waals surface area contributed by atoms with Crippen molar-refractivity contribution in [3.05, 3.63) is 29.8 Å². The molecular weight excluding hydrogens is 336 g/mol. The van der Waals surface area contributed by atoms with E-state index in [4.69, 9.17) is 0 Å². The highest BCUT2D eigenvalue weighted by atomic mass is 32.2. The molecule has 0 atom stereocenters. The lowest BCUT2D eigenvalue weighted by Crippen LogP contribution is -2.41. The number of sulfonamides is 1. The Hall–Kier alpha value is -1.60. The molecule has 1 aliphatic rings. The summed E-state index contributed by atoms with van der Waals surface area (Å²) in [5.41, 5.74) is 0.731. The summed E-state index contributed by atoms with van der Waals surface area (Å²) in [4.78, 5) is 4.93. The van der Waals surface area contributed by atoms with Gasteiger partial charge in [0.1, 0.15) is 0 Å². The van der Waals surface area contributed by atoms with Gasteiger partial charge in [0.25, 0.3) is 0 Å². The molecule has 0 aromatic heterocycles. The third-order valence-corrected chi connectivity index (χ3v) is 6.08. The zero-order valence-corrected chi connectivity index (χ0v) is 16.3. The van der Waals surface area contributed by atoms with Gasteiger partial charge in [-0.25, -0.2) is 13.4 Å². The SMILES string of the molecule is CCNC(=NCc1ccccc1S(=O)(=O)N1CCCCC1)NC(C)C. The number of hydrogen-bond acceptors (Lipinski definition) is 3. The molecule has 1 aliphatic heterocycles. The van der Waals surface area contributed by atoms with Crippen LogP contribution in [0.15, 0.2) is 34.2 Å². The van der Waals surface area contributed by atoms with Gasteiger partial charge in [0.15, 0.2) is 5.96 Å². The second-order valence-corrected chi connectivity index (χ2v) is 8.47. The number of piperidine rings is 1. The summed E-state index contributed by atoms with van der Waals surface area (Å²) in [6.45, 7) is 8.39. The minimum absolute atomic E-state index is 0.255. The fraction of sp³-hybridized carbons (Fsp3) is 0.611. The predicted molar refractivity (Wildman–Crippen MR) is 102 cm³/mol. The summed E-state index contributed by atoms with van der Waals surface area (Å²) >= 11 is 0. The first-order chi connectivity index (χ1) is 11.9. The molecule has 2 N–H and O–H groups in total. The summed E-state index contributed by atoms with van der Waals surface area (Å²) in [5, 5.41) is 6.44. The summed E-state index contributed by atoms with van der Waals surface area (Å²) in [5.74, 6) is 0.697. The number of nitrogens with one attached hydrogen (secondary N) is 2. The lowest BCUT2D eigenvalue weighted by atomic mass is 10.2. The van der Waals surface area contributed by atoms with Gasteiger partial charge in [0.2, 0.25) is 10.0 Å². The Balaban J connectivity index is 2.25. The predicted octanol–water partition coefficient (Wildman–Crippen LogP) is 2.32. The maximum Gasteiger partial charge on any atom is 0.243 e. The van der Waals surface area contributed by atoms with Crippen molar-refractivity contribution in [3.8, 4) is 0 Å². The zero-order valence-electron chi connectivity index (χ0n) is 15.5. The van der Waals surface area contributed by atoms with Crippen LogP contribution < -0.4 is 10.6 Å². The molecule has 25 heavy (non-hydrogen) atoms. The van der Waals surface area contributed by atoms with Crippen LogP contribution in [0.1, 0.15) is 45.6 Å². The summed E-state index contributed by atoms with van der Waals surface area (Å²) in [6, 6.07) is 7.44. The van der Waals surface area contributed by atoms with Crippen LogP contribution in [0.5, 0.6) is 0 Å². The van der Waals surface area contributed by atoms with E-state index in [0.29, 0.717) is 30.5 Å². The van der Waals surface area contributed by atoms with Crippen molar-refractivity contribution in [2.24, 2.45) is 4.99 Å². The first-order valence-electron chi connectivity index (χ1n) is 9.08. The molecule has 0 amide bonds. The van der Waals surface area contributed by atoms with Gasteiger partial charge in [-0.1, -0.05) is 24.6 Å². The van der Waals surface area contributed by atoms with E-state index >= 15 is 0 Å². The smallest absolute Gasteiger partial charge is 0.243 e. The third kappa shape index (κ3) is 5.44. The van der Waals surface area contributed by atoms with E-state index in [1.54, 1.807) is 16.4 Å². The fourth-order valence-electron chi connectivity index (χ4n) is 2.89.